The number of halogens is 1. The Hall–Kier alpha value is -0.820. The van der Waals surface area contributed by atoms with Gasteiger partial charge in [-0.2, -0.15) is 0 Å². The van der Waals surface area contributed by atoms with E-state index in [9.17, 15) is 0 Å². The smallest absolute Gasteiger partial charge is 0.188 e. The Balaban J connectivity index is 0.00000242. The van der Waals surface area contributed by atoms with Crippen molar-refractivity contribution in [2.45, 2.75) is 33.1 Å². The quantitative estimate of drug-likeness (QED) is 0.311. The second kappa shape index (κ2) is 9.35. The molecule has 1 aliphatic carbocycles. The Kier molecular flexibility index (Phi) is 8.17. The van der Waals surface area contributed by atoms with Crippen LogP contribution in [0.1, 0.15) is 31.4 Å². The number of nitrogens with one attached hydrogen (secondary N) is 1. The van der Waals surface area contributed by atoms with Crippen LogP contribution in [0.4, 0.5) is 0 Å². The number of guanidine groups is 1. The zero-order chi connectivity index (χ0) is 15.1. The number of hydrogen-bond donors (Lipinski definition) is 2. The van der Waals surface area contributed by atoms with E-state index in [1.807, 2.05) is 6.92 Å². The van der Waals surface area contributed by atoms with E-state index >= 15 is 0 Å². The van der Waals surface area contributed by atoms with Crippen molar-refractivity contribution in [3.05, 3.63) is 35.4 Å². The molecular weight excluding hydrogens is 389 g/mol. The summed E-state index contributed by atoms with van der Waals surface area (Å²) < 4.78 is 5.29. The maximum absolute atomic E-state index is 5.93. The summed E-state index contributed by atoms with van der Waals surface area (Å²) in [7, 11) is 0. The van der Waals surface area contributed by atoms with Crippen molar-refractivity contribution in [3.63, 3.8) is 0 Å². The van der Waals surface area contributed by atoms with Crippen LogP contribution in [0.3, 0.4) is 0 Å². The van der Waals surface area contributed by atoms with Crippen molar-refractivity contribution >= 4 is 29.9 Å². The van der Waals surface area contributed by atoms with E-state index in [4.69, 9.17) is 10.5 Å². The average molecular weight is 417 g/mol. The summed E-state index contributed by atoms with van der Waals surface area (Å²) in [6.45, 7) is 7.41. The highest BCUT2D eigenvalue weighted by molar-refractivity contribution is 14.0. The van der Waals surface area contributed by atoms with Crippen molar-refractivity contribution in [1.82, 2.24) is 5.32 Å². The number of benzene rings is 1. The lowest BCUT2D eigenvalue weighted by molar-refractivity contribution is 0.145. The first kappa shape index (κ1) is 19.2. The topological polar surface area (TPSA) is 59.6 Å². The van der Waals surface area contributed by atoms with Crippen LogP contribution in [-0.4, -0.2) is 32.3 Å². The summed E-state index contributed by atoms with van der Waals surface area (Å²) in [6, 6.07) is 8.67. The molecule has 124 valence electrons. The number of nitrogens with zero attached hydrogens (tertiary/aromatic N) is 1. The molecule has 0 amide bonds. The minimum atomic E-state index is 0. The molecule has 1 aliphatic rings. The fourth-order valence-electron chi connectivity index (χ4n) is 2.86. The van der Waals surface area contributed by atoms with Crippen LogP contribution >= 0.6 is 24.0 Å². The molecular formula is C17H28IN3O. The van der Waals surface area contributed by atoms with Crippen LogP contribution in [0, 0.1) is 5.41 Å². The number of rotatable bonds is 7. The SMILES string of the molecule is CCOCCCNC(N)=NCC1(C)Cc2ccccc2C1.I. The van der Waals surface area contributed by atoms with Gasteiger partial charge in [0.1, 0.15) is 0 Å². The standard InChI is InChI=1S/C17H27N3O.HI/c1-3-21-10-6-9-19-16(18)20-13-17(2)11-14-7-4-5-8-15(14)12-17;/h4-5,7-8H,3,6,9-13H2,1-2H3,(H3,18,19,20);1H. The Morgan fingerprint density at radius 3 is 2.55 bits per heavy atom. The Labute approximate surface area is 150 Å². The van der Waals surface area contributed by atoms with Crippen molar-refractivity contribution in [2.24, 2.45) is 16.1 Å². The number of ether oxygens (including phenoxy) is 1. The predicted octanol–water partition coefficient (Wildman–Crippen LogP) is 2.74. The minimum Gasteiger partial charge on any atom is -0.382 e. The third-order valence-electron chi connectivity index (χ3n) is 3.96. The number of hydrogen-bond acceptors (Lipinski definition) is 2. The summed E-state index contributed by atoms with van der Waals surface area (Å²) >= 11 is 0. The maximum atomic E-state index is 5.93. The van der Waals surface area contributed by atoms with Gasteiger partial charge in [0.2, 0.25) is 0 Å². The molecule has 0 atom stereocenters. The van der Waals surface area contributed by atoms with Gasteiger partial charge in [-0.15, -0.1) is 24.0 Å². The van der Waals surface area contributed by atoms with Crippen molar-refractivity contribution in [1.29, 1.82) is 0 Å². The van der Waals surface area contributed by atoms with Crippen LogP contribution in [0.2, 0.25) is 0 Å². The van der Waals surface area contributed by atoms with E-state index in [1.165, 1.54) is 11.1 Å². The van der Waals surface area contributed by atoms with Gasteiger partial charge in [0.25, 0.3) is 0 Å². The normalized spacial score (nSPS) is 16.0. The second-order valence-electron chi connectivity index (χ2n) is 6.11. The molecule has 0 radical (unpaired) electrons. The molecule has 0 heterocycles. The lowest BCUT2D eigenvalue weighted by Gasteiger charge is -2.21. The Morgan fingerprint density at radius 1 is 1.32 bits per heavy atom. The second-order valence-corrected chi connectivity index (χ2v) is 6.11. The van der Waals surface area contributed by atoms with Crippen LogP contribution in [0.25, 0.3) is 0 Å². The molecule has 1 aromatic carbocycles. The highest BCUT2D eigenvalue weighted by atomic mass is 127. The zero-order valence-electron chi connectivity index (χ0n) is 13.6. The van der Waals surface area contributed by atoms with Gasteiger partial charge in [-0.05, 0) is 42.7 Å². The molecule has 0 saturated carbocycles. The van der Waals surface area contributed by atoms with Gasteiger partial charge in [-0.1, -0.05) is 31.2 Å². The summed E-state index contributed by atoms with van der Waals surface area (Å²) in [5.41, 5.74) is 9.04. The van der Waals surface area contributed by atoms with E-state index in [0.717, 1.165) is 45.6 Å². The number of nitrogens with two attached hydrogens (primary N) is 1. The Bertz CT molecular complexity index is 466. The Morgan fingerprint density at radius 2 is 1.95 bits per heavy atom. The van der Waals surface area contributed by atoms with Crippen molar-refractivity contribution in [2.75, 3.05) is 26.3 Å². The molecule has 4 nitrogen and oxygen atoms in total. The molecule has 0 saturated heterocycles. The lowest BCUT2D eigenvalue weighted by Crippen LogP contribution is -2.34. The van der Waals surface area contributed by atoms with Crippen molar-refractivity contribution < 1.29 is 4.74 Å². The predicted molar refractivity (Wildman–Crippen MR) is 103 cm³/mol. The fourth-order valence-corrected chi connectivity index (χ4v) is 2.86. The van der Waals surface area contributed by atoms with Gasteiger partial charge < -0.3 is 15.8 Å². The van der Waals surface area contributed by atoms with Crippen LogP contribution in [-0.2, 0) is 17.6 Å². The van der Waals surface area contributed by atoms with E-state index in [1.54, 1.807) is 0 Å². The van der Waals surface area contributed by atoms with Crippen molar-refractivity contribution in [3.8, 4) is 0 Å². The molecule has 0 unspecified atom stereocenters. The maximum Gasteiger partial charge on any atom is 0.188 e. The third kappa shape index (κ3) is 5.76. The molecule has 0 aromatic heterocycles. The largest absolute Gasteiger partial charge is 0.382 e. The molecule has 0 spiro atoms. The van der Waals surface area contributed by atoms with E-state index in [2.05, 4.69) is 41.5 Å². The van der Waals surface area contributed by atoms with E-state index in [-0.39, 0.29) is 29.4 Å². The monoisotopic (exact) mass is 417 g/mol. The third-order valence-corrected chi connectivity index (χ3v) is 3.96. The van der Waals surface area contributed by atoms with E-state index in [0.29, 0.717) is 5.96 Å². The summed E-state index contributed by atoms with van der Waals surface area (Å²) in [5, 5.41) is 3.15. The van der Waals surface area contributed by atoms with Crippen LogP contribution in [0.15, 0.2) is 29.3 Å². The highest BCUT2D eigenvalue weighted by Crippen LogP contribution is 2.36. The molecule has 5 heteroatoms. The average Bonchev–Trinajstić information content (AvgIpc) is 2.81. The highest BCUT2D eigenvalue weighted by Gasteiger charge is 2.32. The number of fused-ring (bicyclic) bond motifs is 1. The number of aliphatic imine (C=N–C) groups is 1. The first-order valence-electron chi connectivity index (χ1n) is 7.81. The molecule has 22 heavy (non-hydrogen) atoms. The van der Waals surface area contributed by atoms with Gasteiger partial charge in [0.15, 0.2) is 5.96 Å². The van der Waals surface area contributed by atoms with Crippen LogP contribution < -0.4 is 11.1 Å². The van der Waals surface area contributed by atoms with Gasteiger partial charge in [0.05, 0.1) is 0 Å². The molecule has 2 rings (SSSR count). The summed E-state index contributed by atoms with van der Waals surface area (Å²) in [4.78, 5) is 4.52. The van der Waals surface area contributed by atoms with Gasteiger partial charge in [-0.3, -0.25) is 4.99 Å². The van der Waals surface area contributed by atoms with Gasteiger partial charge in [-0.25, -0.2) is 0 Å². The molecule has 1 aromatic rings. The van der Waals surface area contributed by atoms with E-state index < -0.39 is 0 Å². The first-order chi connectivity index (χ1) is 10.1. The lowest BCUT2D eigenvalue weighted by atomic mass is 9.87. The summed E-state index contributed by atoms with van der Waals surface area (Å²) in [5.74, 6) is 0.545. The minimum absolute atomic E-state index is 0. The van der Waals surface area contributed by atoms with Crippen LogP contribution in [0.5, 0.6) is 0 Å². The molecule has 3 N–H and O–H groups in total. The molecule has 0 aliphatic heterocycles. The fraction of sp³-hybridized carbons (Fsp3) is 0.588. The molecule has 0 fully saturated rings. The zero-order valence-corrected chi connectivity index (χ0v) is 15.9. The molecule has 0 bridgehead atoms. The first-order valence-corrected chi connectivity index (χ1v) is 7.81. The van der Waals surface area contributed by atoms with Gasteiger partial charge in [0, 0.05) is 26.3 Å². The van der Waals surface area contributed by atoms with Gasteiger partial charge >= 0.3 is 0 Å². The summed E-state index contributed by atoms with van der Waals surface area (Å²) in [6.07, 6.45) is 3.13.